The summed E-state index contributed by atoms with van der Waals surface area (Å²) in [4.78, 5) is 41.3. The average Bonchev–Trinajstić information content (AvgIpc) is 3.26. The van der Waals surface area contributed by atoms with Gasteiger partial charge in [0.15, 0.2) is 5.65 Å². The number of piperazine rings is 1. The molecule has 34 heavy (non-hydrogen) atoms. The second-order valence-electron chi connectivity index (χ2n) is 9.17. The molecule has 1 aromatic carbocycles. The molecule has 1 aliphatic rings. The van der Waals surface area contributed by atoms with Gasteiger partial charge in [0.1, 0.15) is 11.3 Å². The van der Waals surface area contributed by atoms with Crippen LogP contribution in [-0.2, 0) is 4.79 Å². The molecular formula is C25H30N6O3. The van der Waals surface area contributed by atoms with Crippen molar-refractivity contribution in [2.24, 2.45) is 0 Å². The van der Waals surface area contributed by atoms with Crippen LogP contribution in [0.5, 0.6) is 0 Å². The average molecular weight is 463 g/mol. The predicted octanol–water partition coefficient (Wildman–Crippen LogP) is 2.42. The van der Waals surface area contributed by atoms with Crippen LogP contribution in [0.2, 0.25) is 0 Å². The van der Waals surface area contributed by atoms with Crippen LogP contribution in [0.1, 0.15) is 42.8 Å². The van der Waals surface area contributed by atoms with Crippen LogP contribution in [0, 0.1) is 0 Å². The Morgan fingerprint density at radius 3 is 2.68 bits per heavy atom. The first kappa shape index (κ1) is 23.4. The number of amides is 2. The van der Waals surface area contributed by atoms with E-state index in [9.17, 15) is 14.7 Å². The molecule has 3 aromatic rings. The number of aliphatic hydroxyl groups excluding tert-OH is 1. The van der Waals surface area contributed by atoms with Gasteiger partial charge in [-0.1, -0.05) is 36.9 Å². The fourth-order valence-corrected chi connectivity index (χ4v) is 4.38. The fourth-order valence-electron chi connectivity index (χ4n) is 4.38. The summed E-state index contributed by atoms with van der Waals surface area (Å²) >= 11 is 0. The van der Waals surface area contributed by atoms with Crippen molar-refractivity contribution in [3.05, 3.63) is 66.5 Å². The van der Waals surface area contributed by atoms with Gasteiger partial charge in [-0.2, -0.15) is 0 Å². The third-order valence-corrected chi connectivity index (χ3v) is 6.25. The summed E-state index contributed by atoms with van der Waals surface area (Å²) in [6.45, 7) is 11.1. The molecule has 0 radical (unpaired) electrons. The smallest absolute Gasteiger partial charge is 0.255 e. The van der Waals surface area contributed by atoms with Crippen LogP contribution in [0.4, 0.5) is 5.82 Å². The molecule has 4 rings (SSSR count). The molecule has 3 N–H and O–H groups in total. The van der Waals surface area contributed by atoms with Gasteiger partial charge in [0, 0.05) is 25.8 Å². The molecular weight excluding hydrogens is 432 g/mol. The molecule has 1 aliphatic heterocycles. The maximum atomic E-state index is 13.0. The second kappa shape index (κ2) is 9.26. The van der Waals surface area contributed by atoms with Gasteiger partial charge in [0.05, 0.1) is 29.4 Å². The highest BCUT2D eigenvalue weighted by Gasteiger charge is 2.36. The van der Waals surface area contributed by atoms with Crippen molar-refractivity contribution in [1.82, 2.24) is 25.2 Å². The van der Waals surface area contributed by atoms with Crippen molar-refractivity contribution in [3.8, 4) is 0 Å². The molecule has 1 fully saturated rings. The van der Waals surface area contributed by atoms with E-state index in [0.717, 1.165) is 5.56 Å². The van der Waals surface area contributed by atoms with Crippen LogP contribution in [0.3, 0.4) is 0 Å². The Morgan fingerprint density at radius 1 is 1.26 bits per heavy atom. The molecule has 2 atom stereocenters. The summed E-state index contributed by atoms with van der Waals surface area (Å²) < 4.78 is 0. The van der Waals surface area contributed by atoms with Crippen molar-refractivity contribution in [3.63, 3.8) is 0 Å². The molecule has 0 aliphatic carbocycles. The Kier molecular flexibility index (Phi) is 6.39. The van der Waals surface area contributed by atoms with E-state index in [1.54, 1.807) is 24.2 Å². The number of hydrogen-bond donors (Lipinski definition) is 3. The number of aliphatic hydroxyl groups is 1. The molecule has 2 amide bonds. The topological polar surface area (TPSA) is 114 Å². The summed E-state index contributed by atoms with van der Waals surface area (Å²) in [5.41, 5.74) is 1.63. The molecule has 3 heterocycles. The van der Waals surface area contributed by atoms with Crippen LogP contribution in [0.25, 0.3) is 11.2 Å². The SMILES string of the molecule is C=CC(=O)N1CCN(c2cnc3[nH]cc(C(=O)NC(C)C(O)c4ccccc4)c3n2)CC1(C)C. The van der Waals surface area contributed by atoms with Crippen molar-refractivity contribution in [2.45, 2.75) is 38.5 Å². The highest BCUT2D eigenvalue weighted by molar-refractivity contribution is 6.04. The maximum Gasteiger partial charge on any atom is 0.255 e. The molecule has 1 saturated heterocycles. The van der Waals surface area contributed by atoms with Crippen molar-refractivity contribution in [1.29, 1.82) is 0 Å². The number of carbonyl (C=O) groups excluding carboxylic acids is 2. The van der Waals surface area contributed by atoms with E-state index >= 15 is 0 Å². The minimum Gasteiger partial charge on any atom is -0.386 e. The van der Waals surface area contributed by atoms with Gasteiger partial charge in [-0.25, -0.2) is 9.97 Å². The molecule has 178 valence electrons. The number of nitrogens with zero attached hydrogens (tertiary/aromatic N) is 4. The summed E-state index contributed by atoms with van der Waals surface area (Å²) in [6.07, 6.45) is 3.75. The number of hydrogen-bond acceptors (Lipinski definition) is 6. The Hall–Kier alpha value is -3.72. The van der Waals surface area contributed by atoms with Gasteiger partial charge < -0.3 is 25.2 Å². The van der Waals surface area contributed by atoms with Gasteiger partial charge in [0.25, 0.3) is 5.91 Å². The normalized spacial score (nSPS) is 17.3. The minimum atomic E-state index is -0.839. The lowest BCUT2D eigenvalue weighted by atomic mass is 9.98. The standard InChI is InChI=1S/C25H30N6O3/c1-5-20(32)31-12-11-30(15-25(31,3)4)19-14-27-23-21(29-19)18(13-26-23)24(34)28-16(2)22(33)17-9-7-6-8-10-17/h5-10,13-14,16,22,33H,1,11-12,15H2,2-4H3,(H,26,27)(H,28,34). The van der Waals surface area contributed by atoms with Crippen LogP contribution in [0.15, 0.2) is 55.4 Å². The first-order chi connectivity index (χ1) is 16.2. The number of fused-ring (bicyclic) bond motifs is 1. The zero-order valence-electron chi connectivity index (χ0n) is 19.7. The lowest BCUT2D eigenvalue weighted by Crippen LogP contribution is -2.61. The lowest BCUT2D eigenvalue weighted by Gasteiger charge is -2.47. The molecule has 0 spiro atoms. The van der Waals surface area contributed by atoms with E-state index in [-0.39, 0.29) is 11.8 Å². The Labute approximate surface area is 198 Å². The van der Waals surface area contributed by atoms with E-state index in [1.807, 2.05) is 44.2 Å². The summed E-state index contributed by atoms with van der Waals surface area (Å²) in [6, 6.07) is 8.70. The summed E-state index contributed by atoms with van der Waals surface area (Å²) in [5.74, 6) is 0.196. The quantitative estimate of drug-likeness (QED) is 0.485. The van der Waals surface area contributed by atoms with Gasteiger partial charge in [-0.05, 0) is 32.4 Å². The van der Waals surface area contributed by atoms with E-state index in [0.29, 0.717) is 42.2 Å². The van der Waals surface area contributed by atoms with Crippen molar-refractivity contribution in [2.75, 3.05) is 24.5 Å². The monoisotopic (exact) mass is 462 g/mol. The number of rotatable bonds is 6. The first-order valence-electron chi connectivity index (χ1n) is 11.3. The van der Waals surface area contributed by atoms with Gasteiger partial charge in [-0.15, -0.1) is 0 Å². The molecule has 2 aromatic heterocycles. The minimum absolute atomic E-state index is 0.0948. The molecule has 9 nitrogen and oxygen atoms in total. The van der Waals surface area contributed by atoms with Gasteiger partial charge >= 0.3 is 0 Å². The Balaban J connectivity index is 1.53. The Bertz CT molecular complexity index is 1210. The second-order valence-corrected chi connectivity index (χ2v) is 9.17. The van der Waals surface area contributed by atoms with Gasteiger partial charge in [0.2, 0.25) is 5.91 Å². The number of H-pyrrole nitrogens is 1. The van der Waals surface area contributed by atoms with E-state index in [2.05, 4.69) is 26.8 Å². The number of nitrogens with one attached hydrogen (secondary N) is 2. The maximum absolute atomic E-state index is 13.0. The number of aromatic nitrogens is 3. The summed E-state index contributed by atoms with van der Waals surface area (Å²) in [7, 11) is 0. The molecule has 0 bridgehead atoms. The third kappa shape index (κ3) is 4.51. The highest BCUT2D eigenvalue weighted by atomic mass is 16.3. The highest BCUT2D eigenvalue weighted by Crippen LogP contribution is 2.26. The third-order valence-electron chi connectivity index (χ3n) is 6.25. The molecule has 9 heteroatoms. The summed E-state index contributed by atoms with van der Waals surface area (Å²) in [5, 5.41) is 13.5. The van der Waals surface area contributed by atoms with Crippen LogP contribution >= 0.6 is 0 Å². The fraction of sp³-hybridized carbons (Fsp3) is 0.360. The largest absolute Gasteiger partial charge is 0.386 e. The van der Waals surface area contributed by atoms with Crippen LogP contribution < -0.4 is 10.2 Å². The van der Waals surface area contributed by atoms with E-state index in [4.69, 9.17) is 4.98 Å². The number of carbonyl (C=O) groups is 2. The Morgan fingerprint density at radius 2 is 2.00 bits per heavy atom. The number of aromatic amines is 1. The van der Waals surface area contributed by atoms with Crippen molar-refractivity contribution < 1.29 is 14.7 Å². The molecule has 2 unspecified atom stereocenters. The van der Waals surface area contributed by atoms with E-state index in [1.165, 1.54) is 6.08 Å². The molecule has 0 saturated carbocycles. The van der Waals surface area contributed by atoms with E-state index < -0.39 is 17.7 Å². The zero-order chi connectivity index (χ0) is 24.5. The number of anilines is 1. The predicted molar refractivity (Wildman–Crippen MR) is 130 cm³/mol. The zero-order valence-corrected chi connectivity index (χ0v) is 19.7. The first-order valence-corrected chi connectivity index (χ1v) is 11.3. The van der Waals surface area contributed by atoms with Crippen molar-refractivity contribution >= 4 is 28.8 Å². The lowest BCUT2D eigenvalue weighted by molar-refractivity contribution is -0.131. The van der Waals surface area contributed by atoms with Crippen LogP contribution in [-0.4, -0.2) is 68.0 Å². The van der Waals surface area contributed by atoms with Gasteiger partial charge in [-0.3, -0.25) is 9.59 Å². The number of benzene rings is 1.